The van der Waals surface area contributed by atoms with Gasteiger partial charge in [0, 0.05) is 13.0 Å². The number of hydrogen-bond donors (Lipinski definition) is 0. The van der Waals surface area contributed by atoms with Crippen molar-refractivity contribution in [3.05, 3.63) is 66.2 Å². The van der Waals surface area contributed by atoms with Crippen molar-refractivity contribution in [2.45, 2.75) is 30.7 Å². The maximum Gasteiger partial charge on any atom is 0.283 e. The number of likely N-dealkylation sites (tertiary alicyclic amines) is 1. The van der Waals surface area contributed by atoms with E-state index in [0.29, 0.717) is 12.3 Å². The molecule has 2 aromatic carbocycles. The molecule has 0 spiro atoms. The minimum atomic E-state index is -3.65. The molecule has 1 heterocycles. The minimum absolute atomic E-state index is 0.114. The molecule has 1 aliphatic heterocycles. The summed E-state index contributed by atoms with van der Waals surface area (Å²) in [6.07, 6.45) is 1.63. The average Bonchev–Trinajstić information content (AvgIpc) is 3.03. The van der Waals surface area contributed by atoms with Gasteiger partial charge in [-0.1, -0.05) is 48.5 Å². The van der Waals surface area contributed by atoms with E-state index >= 15 is 0 Å². The second-order valence-electron chi connectivity index (χ2n) is 5.68. The van der Waals surface area contributed by atoms with E-state index in [2.05, 4.69) is 28.4 Å². The van der Waals surface area contributed by atoms with Crippen LogP contribution in [0.1, 0.15) is 31.4 Å². The van der Waals surface area contributed by atoms with Crippen molar-refractivity contribution in [1.29, 1.82) is 0 Å². The van der Waals surface area contributed by atoms with Gasteiger partial charge in [-0.25, -0.2) is 0 Å². The first-order valence-electron chi connectivity index (χ1n) is 7.78. The molecular formula is C18H20N2O2S. The van der Waals surface area contributed by atoms with Crippen molar-refractivity contribution >= 4 is 15.9 Å². The van der Waals surface area contributed by atoms with E-state index in [1.165, 1.54) is 5.56 Å². The van der Waals surface area contributed by atoms with Crippen LogP contribution in [0.5, 0.6) is 0 Å². The van der Waals surface area contributed by atoms with Gasteiger partial charge in [0.2, 0.25) is 0 Å². The predicted molar refractivity (Wildman–Crippen MR) is 91.9 cm³/mol. The van der Waals surface area contributed by atoms with E-state index in [4.69, 9.17) is 0 Å². The summed E-state index contributed by atoms with van der Waals surface area (Å²) in [6.45, 7) is 2.92. The molecule has 1 saturated heterocycles. The van der Waals surface area contributed by atoms with Gasteiger partial charge in [-0.2, -0.15) is 8.42 Å². The van der Waals surface area contributed by atoms with Gasteiger partial charge in [0.15, 0.2) is 0 Å². The Morgan fingerprint density at radius 3 is 2.26 bits per heavy atom. The molecule has 120 valence electrons. The lowest BCUT2D eigenvalue weighted by Gasteiger charge is -2.27. The number of sulfonamides is 1. The number of rotatable bonds is 4. The molecule has 0 saturated carbocycles. The fourth-order valence-electron chi connectivity index (χ4n) is 2.89. The molecule has 0 aliphatic carbocycles. The lowest BCUT2D eigenvalue weighted by molar-refractivity contribution is 0.364. The molecule has 1 fully saturated rings. The SMILES string of the molecule is CC(c1ccccc1)N1CCC/C1=N\S(=O)(=O)c1ccccc1. The van der Waals surface area contributed by atoms with Crippen LogP contribution in [-0.4, -0.2) is 25.7 Å². The van der Waals surface area contributed by atoms with E-state index in [9.17, 15) is 8.42 Å². The van der Waals surface area contributed by atoms with Gasteiger partial charge in [0.05, 0.1) is 10.9 Å². The van der Waals surface area contributed by atoms with Crippen molar-refractivity contribution in [3.8, 4) is 0 Å². The molecule has 3 rings (SSSR count). The van der Waals surface area contributed by atoms with Crippen molar-refractivity contribution in [2.24, 2.45) is 4.40 Å². The van der Waals surface area contributed by atoms with Crippen molar-refractivity contribution in [2.75, 3.05) is 6.54 Å². The highest BCUT2D eigenvalue weighted by molar-refractivity contribution is 7.90. The number of benzene rings is 2. The Balaban J connectivity index is 1.90. The standard InChI is InChI=1S/C18H20N2O2S/c1-15(16-9-4-2-5-10-16)20-14-8-13-18(20)19-23(21,22)17-11-6-3-7-12-17/h2-7,9-12,15H,8,13-14H2,1H3/b19-18+. The molecule has 0 N–H and O–H groups in total. The van der Waals surface area contributed by atoms with Gasteiger partial charge >= 0.3 is 0 Å². The summed E-state index contributed by atoms with van der Waals surface area (Å²) in [5, 5.41) is 0. The highest BCUT2D eigenvalue weighted by Gasteiger charge is 2.27. The van der Waals surface area contributed by atoms with Crippen LogP contribution in [0.2, 0.25) is 0 Å². The summed E-state index contributed by atoms with van der Waals surface area (Å²) in [5.74, 6) is 0.658. The normalized spacial score (nSPS) is 18.3. The van der Waals surface area contributed by atoms with Crippen LogP contribution in [0.4, 0.5) is 0 Å². The van der Waals surface area contributed by atoms with Crippen molar-refractivity contribution < 1.29 is 8.42 Å². The number of nitrogens with zero attached hydrogens (tertiary/aromatic N) is 2. The molecule has 0 amide bonds. The van der Waals surface area contributed by atoms with Gasteiger partial charge in [-0.15, -0.1) is 4.40 Å². The Morgan fingerprint density at radius 1 is 1.00 bits per heavy atom. The van der Waals surface area contributed by atoms with Crippen LogP contribution in [0.25, 0.3) is 0 Å². The van der Waals surface area contributed by atoms with Gasteiger partial charge in [0.1, 0.15) is 5.84 Å². The van der Waals surface area contributed by atoms with Gasteiger partial charge in [-0.05, 0) is 31.0 Å². The highest BCUT2D eigenvalue weighted by Crippen LogP contribution is 2.27. The van der Waals surface area contributed by atoms with Gasteiger partial charge in [-0.3, -0.25) is 0 Å². The maximum absolute atomic E-state index is 12.5. The fraction of sp³-hybridized carbons (Fsp3) is 0.278. The Bertz CT molecular complexity index is 786. The Labute approximate surface area is 137 Å². The molecule has 0 radical (unpaired) electrons. The largest absolute Gasteiger partial charge is 0.353 e. The van der Waals surface area contributed by atoms with Crippen LogP contribution in [0.3, 0.4) is 0 Å². The third-order valence-electron chi connectivity index (χ3n) is 4.15. The summed E-state index contributed by atoms with van der Waals surface area (Å²) in [7, 11) is -3.65. The number of hydrogen-bond acceptors (Lipinski definition) is 2. The predicted octanol–water partition coefficient (Wildman–Crippen LogP) is 3.63. The van der Waals surface area contributed by atoms with Crippen LogP contribution in [-0.2, 0) is 10.0 Å². The van der Waals surface area contributed by atoms with Gasteiger partial charge < -0.3 is 4.90 Å². The van der Waals surface area contributed by atoms with Gasteiger partial charge in [0.25, 0.3) is 10.0 Å². The first-order chi connectivity index (χ1) is 11.1. The molecule has 1 aliphatic rings. The Kier molecular flexibility index (Phi) is 4.48. The van der Waals surface area contributed by atoms with E-state index in [-0.39, 0.29) is 10.9 Å². The summed E-state index contributed by atoms with van der Waals surface area (Å²) >= 11 is 0. The lowest BCUT2D eigenvalue weighted by atomic mass is 10.1. The third kappa shape index (κ3) is 3.45. The fourth-order valence-corrected chi connectivity index (χ4v) is 3.97. The molecule has 23 heavy (non-hydrogen) atoms. The molecule has 0 aromatic heterocycles. The topological polar surface area (TPSA) is 49.7 Å². The molecule has 1 unspecified atom stereocenters. The van der Waals surface area contributed by atoms with E-state index < -0.39 is 10.0 Å². The smallest absolute Gasteiger partial charge is 0.283 e. The summed E-state index contributed by atoms with van der Waals surface area (Å²) in [5.41, 5.74) is 1.17. The summed E-state index contributed by atoms with van der Waals surface area (Å²) in [6, 6.07) is 18.6. The molecular weight excluding hydrogens is 308 g/mol. The molecule has 5 heteroatoms. The third-order valence-corrected chi connectivity index (χ3v) is 5.47. The molecule has 0 bridgehead atoms. The van der Waals surface area contributed by atoms with Crippen molar-refractivity contribution in [3.63, 3.8) is 0 Å². The van der Waals surface area contributed by atoms with Crippen LogP contribution < -0.4 is 0 Å². The lowest BCUT2D eigenvalue weighted by Crippen LogP contribution is -2.29. The summed E-state index contributed by atoms with van der Waals surface area (Å²) in [4.78, 5) is 2.34. The highest BCUT2D eigenvalue weighted by atomic mass is 32.2. The quantitative estimate of drug-likeness (QED) is 0.861. The number of amidine groups is 1. The van der Waals surface area contributed by atoms with E-state index in [1.807, 2.05) is 18.2 Å². The molecule has 2 aromatic rings. The zero-order valence-corrected chi connectivity index (χ0v) is 13.9. The second kappa shape index (κ2) is 6.54. The Hall–Kier alpha value is -2.14. The first-order valence-corrected chi connectivity index (χ1v) is 9.22. The monoisotopic (exact) mass is 328 g/mol. The zero-order chi connectivity index (χ0) is 16.3. The first kappa shape index (κ1) is 15.7. The van der Waals surface area contributed by atoms with Crippen LogP contribution in [0.15, 0.2) is 70.0 Å². The summed E-state index contributed by atoms with van der Waals surface area (Å²) < 4.78 is 29.1. The molecule has 1 atom stereocenters. The van der Waals surface area contributed by atoms with E-state index in [0.717, 1.165) is 13.0 Å². The van der Waals surface area contributed by atoms with E-state index in [1.54, 1.807) is 30.3 Å². The second-order valence-corrected chi connectivity index (χ2v) is 7.28. The molecule has 4 nitrogen and oxygen atoms in total. The zero-order valence-electron chi connectivity index (χ0n) is 13.1. The van der Waals surface area contributed by atoms with Crippen molar-refractivity contribution in [1.82, 2.24) is 4.90 Å². The van der Waals surface area contributed by atoms with Crippen LogP contribution >= 0.6 is 0 Å². The maximum atomic E-state index is 12.5. The minimum Gasteiger partial charge on any atom is -0.353 e. The Morgan fingerprint density at radius 2 is 1.61 bits per heavy atom. The van der Waals surface area contributed by atoms with Crippen LogP contribution in [0, 0.1) is 0 Å². The average molecular weight is 328 g/mol.